The van der Waals surface area contributed by atoms with E-state index in [1.807, 2.05) is 26.0 Å². The van der Waals surface area contributed by atoms with Gasteiger partial charge in [0.2, 0.25) is 5.91 Å². The van der Waals surface area contributed by atoms with Gasteiger partial charge in [0.1, 0.15) is 5.78 Å². The molecule has 1 unspecified atom stereocenters. The van der Waals surface area contributed by atoms with Crippen LogP contribution in [0, 0.1) is 5.92 Å². The quantitative estimate of drug-likeness (QED) is 0.647. The molecule has 1 N–H and O–H groups in total. The van der Waals surface area contributed by atoms with Crippen molar-refractivity contribution in [2.45, 2.75) is 32.7 Å². The number of hydrogen-bond acceptors (Lipinski definition) is 2. The zero-order valence-electron chi connectivity index (χ0n) is 8.04. The van der Waals surface area contributed by atoms with Gasteiger partial charge in [-0.15, -0.1) is 0 Å². The van der Waals surface area contributed by atoms with Crippen molar-refractivity contribution in [3.05, 3.63) is 12.2 Å². The highest BCUT2D eigenvalue weighted by Crippen LogP contribution is 2.07. The third-order valence-electron chi connectivity index (χ3n) is 2.01. The molecule has 1 rings (SSSR count). The van der Waals surface area contributed by atoms with Gasteiger partial charge in [-0.05, 0) is 0 Å². The largest absolute Gasteiger partial charge is 0.349 e. The van der Waals surface area contributed by atoms with E-state index < -0.39 is 0 Å². The number of carbonyl (C=O) groups excluding carboxylic acids is 2. The summed E-state index contributed by atoms with van der Waals surface area (Å²) in [5.74, 6) is 0.173. The number of amides is 1. The molecular formula is C10H15NO2. The van der Waals surface area contributed by atoms with E-state index in [1.165, 1.54) is 0 Å². The topological polar surface area (TPSA) is 46.2 Å². The van der Waals surface area contributed by atoms with Crippen LogP contribution in [0.4, 0.5) is 0 Å². The van der Waals surface area contributed by atoms with Crippen molar-refractivity contribution in [1.82, 2.24) is 5.32 Å². The maximum absolute atomic E-state index is 11.3. The molecule has 1 atom stereocenters. The highest BCUT2D eigenvalue weighted by Gasteiger charge is 2.17. The minimum absolute atomic E-state index is 0.00403. The average Bonchev–Trinajstić information content (AvgIpc) is 2.04. The SMILES string of the molecule is CC(C)C(=O)NC1C=CCC(=O)C1. The fourth-order valence-electron chi connectivity index (χ4n) is 1.21. The molecule has 0 heterocycles. The van der Waals surface area contributed by atoms with Gasteiger partial charge in [0.15, 0.2) is 0 Å². The molecule has 0 aromatic heterocycles. The molecule has 3 heteroatoms. The van der Waals surface area contributed by atoms with Crippen LogP contribution in [-0.4, -0.2) is 17.7 Å². The number of Topliss-reactive ketones (excluding diaryl/α,β-unsaturated/α-hetero) is 1. The number of nitrogens with one attached hydrogen (secondary N) is 1. The van der Waals surface area contributed by atoms with Gasteiger partial charge in [-0.3, -0.25) is 9.59 Å². The van der Waals surface area contributed by atoms with Crippen LogP contribution >= 0.6 is 0 Å². The van der Waals surface area contributed by atoms with E-state index in [1.54, 1.807) is 0 Å². The number of rotatable bonds is 2. The first-order chi connectivity index (χ1) is 6.09. The van der Waals surface area contributed by atoms with Crippen LogP contribution in [-0.2, 0) is 9.59 Å². The highest BCUT2D eigenvalue weighted by molar-refractivity contribution is 5.84. The molecule has 72 valence electrons. The first-order valence-corrected chi connectivity index (χ1v) is 4.58. The van der Waals surface area contributed by atoms with E-state index in [9.17, 15) is 9.59 Å². The first-order valence-electron chi connectivity index (χ1n) is 4.58. The second kappa shape index (κ2) is 4.21. The lowest BCUT2D eigenvalue weighted by Gasteiger charge is -2.18. The normalized spacial score (nSPS) is 22.1. The molecule has 1 amide bonds. The standard InChI is InChI=1S/C10H15NO2/c1-7(2)10(13)11-8-4-3-5-9(12)6-8/h3-4,7-8H,5-6H2,1-2H3,(H,11,13). The van der Waals surface area contributed by atoms with Gasteiger partial charge in [-0.2, -0.15) is 0 Å². The number of hydrogen-bond donors (Lipinski definition) is 1. The second-order valence-corrected chi connectivity index (χ2v) is 3.64. The van der Waals surface area contributed by atoms with Gasteiger partial charge < -0.3 is 5.32 Å². The molecule has 1 aliphatic rings. The molecule has 0 radical (unpaired) electrons. The van der Waals surface area contributed by atoms with Gasteiger partial charge in [0.05, 0.1) is 6.04 Å². The van der Waals surface area contributed by atoms with Crippen LogP contribution in [0.2, 0.25) is 0 Å². The van der Waals surface area contributed by atoms with Crippen LogP contribution in [0.5, 0.6) is 0 Å². The Bertz CT molecular complexity index is 243. The molecule has 0 saturated carbocycles. The Kier molecular flexibility index (Phi) is 3.23. The lowest BCUT2D eigenvalue weighted by Crippen LogP contribution is -2.38. The van der Waals surface area contributed by atoms with Crippen molar-refractivity contribution in [3.63, 3.8) is 0 Å². The molecule has 0 aromatic rings. The lowest BCUT2D eigenvalue weighted by atomic mass is 10.0. The van der Waals surface area contributed by atoms with Gasteiger partial charge in [-0.1, -0.05) is 26.0 Å². The van der Waals surface area contributed by atoms with Crippen LogP contribution in [0.3, 0.4) is 0 Å². The summed E-state index contributed by atoms with van der Waals surface area (Å²) in [5.41, 5.74) is 0. The van der Waals surface area contributed by atoms with Crippen molar-refractivity contribution in [2.24, 2.45) is 5.92 Å². The summed E-state index contributed by atoms with van der Waals surface area (Å²) in [6.45, 7) is 3.67. The Hall–Kier alpha value is -1.12. The predicted octanol–water partition coefficient (Wildman–Crippen LogP) is 1.05. The molecule has 1 aliphatic carbocycles. The highest BCUT2D eigenvalue weighted by atomic mass is 16.2. The molecule has 0 bridgehead atoms. The van der Waals surface area contributed by atoms with E-state index in [4.69, 9.17) is 0 Å². The fraction of sp³-hybridized carbons (Fsp3) is 0.600. The maximum Gasteiger partial charge on any atom is 0.223 e. The van der Waals surface area contributed by atoms with Crippen LogP contribution in [0.15, 0.2) is 12.2 Å². The molecule has 13 heavy (non-hydrogen) atoms. The summed E-state index contributed by atoms with van der Waals surface area (Å²) in [7, 11) is 0. The first kappa shape index (κ1) is 9.96. The Morgan fingerprint density at radius 3 is 2.85 bits per heavy atom. The number of allylic oxidation sites excluding steroid dienone is 1. The number of ketones is 1. The maximum atomic E-state index is 11.3. The summed E-state index contributed by atoms with van der Waals surface area (Å²) in [4.78, 5) is 22.3. The Labute approximate surface area is 78.2 Å². The van der Waals surface area contributed by atoms with E-state index in [-0.39, 0.29) is 23.7 Å². The zero-order valence-corrected chi connectivity index (χ0v) is 8.04. The monoisotopic (exact) mass is 181 g/mol. The molecule has 3 nitrogen and oxygen atoms in total. The van der Waals surface area contributed by atoms with Gasteiger partial charge in [-0.25, -0.2) is 0 Å². The third kappa shape index (κ3) is 3.01. The van der Waals surface area contributed by atoms with Crippen molar-refractivity contribution in [1.29, 1.82) is 0 Å². The van der Waals surface area contributed by atoms with Crippen molar-refractivity contribution in [2.75, 3.05) is 0 Å². The Morgan fingerprint density at radius 1 is 1.62 bits per heavy atom. The minimum atomic E-state index is -0.0869. The average molecular weight is 181 g/mol. The van der Waals surface area contributed by atoms with E-state index in [2.05, 4.69) is 5.32 Å². The molecular weight excluding hydrogens is 166 g/mol. The summed E-state index contributed by atoms with van der Waals surface area (Å²) in [5, 5.41) is 2.80. The van der Waals surface area contributed by atoms with Crippen molar-refractivity contribution >= 4 is 11.7 Å². The molecule has 0 fully saturated rings. The minimum Gasteiger partial charge on any atom is -0.349 e. The summed E-state index contributed by atoms with van der Waals surface area (Å²) in [6, 6.07) is -0.0869. The van der Waals surface area contributed by atoms with Gasteiger partial charge >= 0.3 is 0 Å². The second-order valence-electron chi connectivity index (χ2n) is 3.64. The lowest BCUT2D eigenvalue weighted by molar-refractivity contribution is -0.124. The van der Waals surface area contributed by atoms with E-state index in [0.29, 0.717) is 12.8 Å². The van der Waals surface area contributed by atoms with Gasteiger partial charge in [0, 0.05) is 18.8 Å². The van der Waals surface area contributed by atoms with Crippen molar-refractivity contribution < 1.29 is 9.59 Å². The third-order valence-corrected chi connectivity index (χ3v) is 2.01. The number of carbonyl (C=O) groups is 2. The zero-order chi connectivity index (χ0) is 9.84. The van der Waals surface area contributed by atoms with E-state index in [0.717, 1.165) is 0 Å². The Morgan fingerprint density at radius 2 is 2.31 bits per heavy atom. The molecule has 0 aliphatic heterocycles. The fourth-order valence-corrected chi connectivity index (χ4v) is 1.21. The Balaban J connectivity index is 2.45. The van der Waals surface area contributed by atoms with Crippen LogP contribution < -0.4 is 5.32 Å². The van der Waals surface area contributed by atoms with Crippen LogP contribution in [0.25, 0.3) is 0 Å². The van der Waals surface area contributed by atoms with E-state index >= 15 is 0 Å². The molecule has 0 aromatic carbocycles. The summed E-state index contributed by atoms with van der Waals surface area (Å²) < 4.78 is 0. The predicted molar refractivity (Wildman–Crippen MR) is 50.1 cm³/mol. The molecule has 0 saturated heterocycles. The van der Waals surface area contributed by atoms with Crippen molar-refractivity contribution in [3.8, 4) is 0 Å². The summed E-state index contributed by atoms with van der Waals surface area (Å²) in [6.07, 6.45) is 4.65. The summed E-state index contributed by atoms with van der Waals surface area (Å²) >= 11 is 0. The van der Waals surface area contributed by atoms with Gasteiger partial charge in [0.25, 0.3) is 0 Å². The smallest absolute Gasteiger partial charge is 0.223 e. The molecule has 0 spiro atoms. The van der Waals surface area contributed by atoms with Crippen LogP contribution in [0.1, 0.15) is 26.7 Å².